The van der Waals surface area contributed by atoms with Crippen molar-refractivity contribution in [2.75, 3.05) is 18.5 Å². The van der Waals surface area contributed by atoms with Crippen LogP contribution in [0.3, 0.4) is 0 Å². The van der Waals surface area contributed by atoms with Gasteiger partial charge in [-0.2, -0.15) is 0 Å². The lowest BCUT2D eigenvalue weighted by atomic mass is 10.2. The fourth-order valence-electron chi connectivity index (χ4n) is 1.91. The Kier molecular flexibility index (Phi) is 3.36. The molecule has 2 amide bonds. The highest BCUT2D eigenvalue weighted by atomic mass is 16.3. The van der Waals surface area contributed by atoms with E-state index >= 15 is 0 Å². The number of rotatable bonds is 2. The Balaban J connectivity index is 1.98. The molecule has 1 aliphatic heterocycles. The van der Waals surface area contributed by atoms with E-state index in [2.05, 4.69) is 10.3 Å². The third kappa shape index (κ3) is 2.30. The van der Waals surface area contributed by atoms with Crippen molar-refractivity contribution in [3.63, 3.8) is 0 Å². The fraction of sp³-hybridized carbons (Fsp3) is 0.455. The number of aliphatic hydroxyl groups is 1. The molecular formula is C11H15N3O2. The number of hydrogen-bond donors (Lipinski definition) is 2. The SMILES string of the molecule is O=C(Nc1ccccn1)N1CCC[C@H]1CO. The van der Waals surface area contributed by atoms with E-state index in [-0.39, 0.29) is 18.7 Å². The average molecular weight is 221 g/mol. The van der Waals surface area contributed by atoms with Crippen LogP contribution in [0, 0.1) is 0 Å². The Morgan fingerprint density at radius 2 is 2.50 bits per heavy atom. The molecule has 1 saturated heterocycles. The van der Waals surface area contributed by atoms with Crippen LogP contribution in [0.1, 0.15) is 12.8 Å². The number of nitrogens with zero attached hydrogens (tertiary/aromatic N) is 2. The highest BCUT2D eigenvalue weighted by Crippen LogP contribution is 2.17. The van der Waals surface area contributed by atoms with Gasteiger partial charge in [0, 0.05) is 12.7 Å². The summed E-state index contributed by atoms with van der Waals surface area (Å²) in [6, 6.07) is 5.11. The van der Waals surface area contributed by atoms with Crippen molar-refractivity contribution < 1.29 is 9.90 Å². The second-order valence-electron chi connectivity index (χ2n) is 3.82. The molecule has 1 aromatic heterocycles. The van der Waals surface area contributed by atoms with Crippen molar-refractivity contribution in [2.45, 2.75) is 18.9 Å². The fourth-order valence-corrected chi connectivity index (χ4v) is 1.91. The van der Waals surface area contributed by atoms with E-state index in [1.807, 2.05) is 6.07 Å². The minimum absolute atomic E-state index is 0.0235. The molecule has 5 nitrogen and oxygen atoms in total. The van der Waals surface area contributed by atoms with Gasteiger partial charge in [-0.25, -0.2) is 9.78 Å². The molecule has 0 bridgehead atoms. The third-order valence-corrected chi connectivity index (χ3v) is 2.75. The van der Waals surface area contributed by atoms with Gasteiger partial charge in [-0.1, -0.05) is 6.07 Å². The van der Waals surface area contributed by atoms with E-state index in [0.29, 0.717) is 12.4 Å². The summed E-state index contributed by atoms with van der Waals surface area (Å²) in [6.07, 6.45) is 3.44. The van der Waals surface area contributed by atoms with Crippen LogP contribution in [0.5, 0.6) is 0 Å². The Morgan fingerprint density at radius 1 is 1.62 bits per heavy atom. The molecule has 2 rings (SSSR count). The Hall–Kier alpha value is -1.62. The van der Waals surface area contributed by atoms with E-state index in [9.17, 15) is 4.79 Å². The normalized spacial score (nSPS) is 19.8. The first-order valence-electron chi connectivity index (χ1n) is 5.41. The van der Waals surface area contributed by atoms with Crippen molar-refractivity contribution in [1.82, 2.24) is 9.88 Å². The molecule has 2 N–H and O–H groups in total. The lowest BCUT2D eigenvalue weighted by Gasteiger charge is -2.22. The molecule has 0 aliphatic carbocycles. The summed E-state index contributed by atoms with van der Waals surface area (Å²) >= 11 is 0. The number of hydrogen-bond acceptors (Lipinski definition) is 3. The number of urea groups is 1. The maximum Gasteiger partial charge on any atom is 0.323 e. The maximum absolute atomic E-state index is 11.8. The van der Waals surface area contributed by atoms with Gasteiger partial charge in [0.15, 0.2) is 0 Å². The van der Waals surface area contributed by atoms with Crippen LogP contribution in [0.2, 0.25) is 0 Å². The number of nitrogens with one attached hydrogen (secondary N) is 1. The van der Waals surface area contributed by atoms with Gasteiger partial charge in [-0.05, 0) is 25.0 Å². The van der Waals surface area contributed by atoms with Crippen LogP contribution in [0.15, 0.2) is 24.4 Å². The average Bonchev–Trinajstić information content (AvgIpc) is 2.78. The lowest BCUT2D eigenvalue weighted by Crippen LogP contribution is -2.40. The summed E-state index contributed by atoms with van der Waals surface area (Å²) in [5.74, 6) is 0.538. The van der Waals surface area contributed by atoms with Crippen molar-refractivity contribution in [3.05, 3.63) is 24.4 Å². The van der Waals surface area contributed by atoms with Gasteiger partial charge in [0.25, 0.3) is 0 Å². The standard InChI is InChI=1S/C11H15N3O2/c15-8-9-4-3-7-14(9)11(16)13-10-5-1-2-6-12-10/h1-2,5-6,9,15H,3-4,7-8H2,(H,12,13,16)/t9-/m0/s1. The van der Waals surface area contributed by atoms with Gasteiger partial charge in [-0.3, -0.25) is 5.32 Å². The van der Waals surface area contributed by atoms with Gasteiger partial charge in [0.1, 0.15) is 5.82 Å². The first-order chi connectivity index (χ1) is 7.81. The molecule has 1 atom stereocenters. The van der Waals surface area contributed by atoms with Crippen molar-refractivity contribution in [1.29, 1.82) is 0 Å². The Morgan fingerprint density at radius 3 is 3.19 bits per heavy atom. The highest BCUT2D eigenvalue weighted by molar-refractivity contribution is 5.88. The highest BCUT2D eigenvalue weighted by Gasteiger charge is 2.27. The van der Waals surface area contributed by atoms with Crippen molar-refractivity contribution >= 4 is 11.8 Å². The number of aromatic nitrogens is 1. The van der Waals surface area contributed by atoms with Crippen LogP contribution >= 0.6 is 0 Å². The molecule has 0 unspecified atom stereocenters. The van der Waals surface area contributed by atoms with Gasteiger partial charge in [-0.15, -0.1) is 0 Å². The number of pyridine rings is 1. The first-order valence-corrected chi connectivity index (χ1v) is 5.41. The Labute approximate surface area is 94.1 Å². The molecular weight excluding hydrogens is 206 g/mol. The first kappa shape index (κ1) is 10.9. The topological polar surface area (TPSA) is 65.5 Å². The van der Waals surface area contributed by atoms with E-state index in [1.54, 1.807) is 23.2 Å². The van der Waals surface area contributed by atoms with Crippen molar-refractivity contribution in [3.8, 4) is 0 Å². The van der Waals surface area contributed by atoms with Crippen LogP contribution in [0.4, 0.5) is 10.6 Å². The number of anilines is 1. The summed E-state index contributed by atoms with van der Waals surface area (Å²) in [5.41, 5.74) is 0. The molecule has 86 valence electrons. The van der Waals surface area contributed by atoms with Gasteiger partial charge in [0.2, 0.25) is 0 Å². The third-order valence-electron chi connectivity index (χ3n) is 2.75. The second kappa shape index (κ2) is 4.94. The summed E-state index contributed by atoms with van der Waals surface area (Å²) < 4.78 is 0. The minimum Gasteiger partial charge on any atom is -0.394 e. The molecule has 0 saturated carbocycles. The summed E-state index contributed by atoms with van der Waals surface area (Å²) in [5, 5.41) is 11.8. The van der Waals surface area contributed by atoms with Gasteiger partial charge in [0.05, 0.1) is 12.6 Å². The maximum atomic E-state index is 11.8. The van der Waals surface area contributed by atoms with Crippen LogP contribution in [0.25, 0.3) is 0 Å². The van der Waals surface area contributed by atoms with E-state index in [4.69, 9.17) is 5.11 Å². The molecule has 2 heterocycles. The number of aliphatic hydroxyl groups excluding tert-OH is 1. The molecule has 0 spiro atoms. The van der Waals surface area contributed by atoms with Crippen LogP contribution in [-0.4, -0.2) is 40.2 Å². The van der Waals surface area contributed by atoms with Crippen LogP contribution < -0.4 is 5.32 Å². The minimum atomic E-state index is -0.185. The number of likely N-dealkylation sites (tertiary alicyclic amines) is 1. The zero-order valence-corrected chi connectivity index (χ0v) is 8.97. The van der Waals surface area contributed by atoms with E-state index < -0.39 is 0 Å². The van der Waals surface area contributed by atoms with Gasteiger partial charge >= 0.3 is 6.03 Å². The molecule has 1 aromatic rings. The largest absolute Gasteiger partial charge is 0.394 e. The number of carbonyl (C=O) groups excluding carboxylic acids is 1. The quantitative estimate of drug-likeness (QED) is 0.785. The predicted octanol–water partition coefficient (Wildman–Crippen LogP) is 1.07. The van der Waals surface area contributed by atoms with E-state index in [1.165, 1.54) is 0 Å². The molecule has 0 radical (unpaired) electrons. The number of carbonyl (C=O) groups is 1. The summed E-state index contributed by atoms with van der Waals surface area (Å²) in [7, 11) is 0. The monoisotopic (exact) mass is 221 g/mol. The molecule has 5 heteroatoms. The zero-order chi connectivity index (χ0) is 11.4. The van der Waals surface area contributed by atoms with E-state index in [0.717, 1.165) is 12.8 Å². The molecule has 0 aromatic carbocycles. The predicted molar refractivity (Wildman–Crippen MR) is 60.1 cm³/mol. The molecule has 1 aliphatic rings. The molecule has 16 heavy (non-hydrogen) atoms. The second-order valence-corrected chi connectivity index (χ2v) is 3.82. The summed E-state index contributed by atoms with van der Waals surface area (Å²) in [4.78, 5) is 17.5. The van der Waals surface area contributed by atoms with Crippen LogP contribution in [-0.2, 0) is 0 Å². The smallest absolute Gasteiger partial charge is 0.323 e. The number of amides is 2. The van der Waals surface area contributed by atoms with Gasteiger partial charge < -0.3 is 10.0 Å². The zero-order valence-electron chi connectivity index (χ0n) is 8.97. The molecule has 1 fully saturated rings. The Bertz CT molecular complexity index is 356. The lowest BCUT2D eigenvalue weighted by molar-refractivity contribution is 0.166. The summed E-state index contributed by atoms with van der Waals surface area (Å²) in [6.45, 7) is 0.722. The van der Waals surface area contributed by atoms with Crippen molar-refractivity contribution in [2.24, 2.45) is 0 Å².